The van der Waals surface area contributed by atoms with Crippen LogP contribution in [0.5, 0.6) is 0 Å². The van der Waals surface area contributed by atoms with Crippen molar-refractivity contribution in [2.45, 2.75) is 20.4 Å². The van der Waals surface area contributed by atoms with E-state index in [2.05, 4.69) is 20.5 Å². The van der Waals surface area contributed by atoms with Crippen LogP contribution in [0, 0.1) is 13.8 Å². The molecule has 94 valence electrons. The highest BCUT2D eigenvalue weighted by molar-refractivity contribution is 5.95. The lowest BCUT2D eigenvalue weighted by molar-refractivity contribution is 0.0948. The molecule has 3 N–H and O–H groups in total. The van der Waals surface area contributed by atoms with Gasteiger partial charge in [-0.2, -0.15) is 5.10 Å². The molecule has 0 radical (unpaired) electrons. The van der Waals surface area contributed by atoms with Crippen molar-refractivity contribution < 1.29 is 4.79 Å². The van der Waals surface area contributed by atoms with Crippen molar-refractivity contribution in [2.24, 2.45) is 0 Å². The van der Waals surface area contributed by atoms with Gasteiger partial charge < -0.3 is 10.3 Å². The van der Waals surface area contributed by atoms with Crippen LogP contribution in [-0.4, -0.2) is 21.1 Å². The first-order chi connectivity index (χ1) is 8.58. The monoisotopic (exact) mass is 246 g/mol. The summed E-state index contributed by atoms with van der Waals surface area (Å²) < 4.78 is 0. The summed E-state index contributed by atoms with van der Waals surface area (Å²) in [4.78, 5) is 26.3. The normalized spacial score (nSPS) is 10.3. The summed E-state index contributed by atoms with van der Waals surface area (Å²) in [5.74, 6) is -0.386. The topological polar surface area (TPSA) is 90.6 Å². The summed E-state index contributed by atoms with van der Waals surface area (Å²) >= 11 is 0. The second-order valence-corrected chi connectivity index (χ2v) is 4.10. The van der Waals surface area contributed by atoms with Crippen LogP contribution in [0.3, 0.4) is 0 Å². The first-order valence-corrected chi connectivity index (χ1v) is 5.55. The first-order valence-electron chi connectivity index (χ1n) is 5.55. The highest BCUT2D eigenvalue weighted by atomic mass is 16.2. The molecule has 0 bridgehead atoms. The van der Waals surface area contributed by atoms with Crippen molar-refractivity contribution in [3.63, 3.8) is 0 Å². The highest BCUT2D eigenvalue weighted by Gasteiger charge is 2.13. The second kappa shape index (κ2) is 4.87. The minimum Gasteiger partial charge on any atom is -0.346 e. The SMILES string of the molecule is Cc1cc(C)c(C(=O)NCc2ccn[nH]2)c(=O)[nH]1. The van der Waals surface area contributed by atoms with Gasteiger partial charge in [-0.1, -0.05) is 0 Å². The summed E-state index contributed by atoms with van der Waals surface area (Å²) in [7, 11) is 0. The first kappa shape index (κ1) is 12.1. The van der Waals surface area contributed by atoms with Gasteiger partial charge in [-0.05, 0) is 31.5 Å². The predicted octanol–water partition coefficient (Wildman–Crippen LogP) is 0.645. The number of rotatable bonds is 3. The van der Waals surface area contributed by atoms with Crippen LogP contribution in [0.15, 0.2) is 23.1 Å². The van der Waals surface area contributed by atoms with Gasteiger partial charge in [-0.3, -0.25) is 14.7 Å². The zero-order chi connectivity index (χ0) is 13.1. The quantitative estimate of drug-likeness (QED) is 0.742. The third-order valence-corrected chi connectivity index (χ3v) is 2.59. The minimum atomic E-state index is -0.386. The Labute approximate surface area is 103 Å². The largest absolute Gasteiger partial charge is 0.346 e. The fourth-order valence-corrected chi connectivity index (χ4v) is 1.78. The van der Waals surface area contributed by atoms with Gasteiger partial charge in [0, 0.05) is 11.9 Å². The van der Waals surface area contributed by atoms with E-state index in [-0.39, 0.29) is 17.0 Å². The molecule has 0 aliphatic rings. The average Bonchev–Trinajstić information content (AvgIpc) is 2.77. The maximum atomic E-state index is 11.9. The van der Waals surface area contributed by atoms with Crippen LogP contribution in [0.1, 0.15) is 27.3 Å². The molecule has 0 atom stereocenters. The van der Waals surface area contributed by atoms with Crippen LogP contribution in [0.25, 0.3) is 0 Å². The van der Waals surface area contributed by atoms with E-state index < -0.39 is 0 Å². The maximum absolute atomic E-state index is 11.9. The zero-order valence-electron chi connectivity index (χ0n) is 10.2. The van der Waals surface area contributed by atoms with Crippen LogP contribution in [0.2, 0.25) is 0 Å². The van der Waals surface area contributed by atoms with E-state index in [1.54, 1.807) is 32.2 Å². The zero-order valence-corrected chi connectivity index (χ0v) is 10.2. The Balaban J connectivity index is 2.17. The van der Waals surface area contributed by atoms with E-state index in [1.165, 1.54) is 0 Å². The molecule has 0 aliphatic heterocycles. The number of carbonyl (C=O) groups excluding carboxylic acids is 1. The van der Waals surface area contributed by atoms with Gasteiger partial charge in [-0.15, -0.1) is 0 Å². The summed E-state index contributed by atoms with van der Waals surface area (Å²) in [6, 6.07) is 3.53. The highest BCUT2D eigenvalue weighted by Crippen LogP contribution is 2.03. The molecule has 0 fully saturated rings. The molecular formula is C12H14N4O2. The number of H-pyrrole nitrogens is 2. The Morgan fingerprint density at radius 3 is 2.83 bits per heavy atom. The van der Waals surface area contributed by atoms with E-state index in [0.717, 1.165) is 11.4 Å². The Morgan fingerprint density at radius 1 is 1.44 bits per heavy atom. The van der Waals surface area contributed by atoms with Crippen LogP contribution < -0.4 is 10.9 Å². The van der Waals surface area contributed by atoms with E-state index >= 15 is 0 Å². The molecule has 0 aromatic carbocycles. The smallest absolute Gasteiger partial charge is 0.261 e. The third kappa shape index (κ3) is 2.48. The van der Waals surface area contributed by atoms with E-state index in [1.807, 2.05) is 0 Å². The summed E-state index contributed by atoms with van der Waals surface area (Å²) in [5.41, 5.74) is 1.97. The molecule has 6 heteroatoms. The standard InChI is InChI=1S/C12H14N4O2/c1-7-5-8(2)15-12(18)10(7)11(17)13-6-9-3-4-14-16-9/h3-5H,6H2,1-2H3,(H,13,17)(H,14,16)(H,15,18). The fraction of sp³-hybridized carbons (Fsp3) is 0.250. The number of nitrogens with one attached hydrogen (secondary N) is 3. The molecule has 0 spiro atoms. The lowest BCUT2D eigenvalue weighted by atomic mass is 10.1. The Hall–Kier alpha value is -2.37. The Bertz CT molecular complexity index is 614. The second-order valence-electron chi connectivity index (χ2n) is 4.10. The molecule has 0 aliphatic carbocycles. The number of hydrogen-bond acceptors (Lipinski definition) is 3. The van der Waals surface area contributed by atoms with Crippen LogP contribution in [-0.2, 0) is 6.54 Å². The van der Waals surface area contributed by atoms with Gasteiger partial charge in [0.25, 0.3) is 11.5 Å². The van der Waals surface area contributed by atoms with Gasteiger partial charge in [0.1, 0.15) is 5.56 Å². The molecular weight excluding hydrogens is 232 g/mol. The van der Waals surface area contributed by atoms with Gasteiger partial charge in [-0.25, -0.2) is 0 Å². The van der Waals surface area contributed by atoms with Crippen molar-refractivity contribution in [3.05, 3.63) is 51.2 Å². The van der Waals surface area contributed by atoms with Gasteiger partial charge >= 0.3 is 0 Å². The van der Waals surface area contributed by atoms with Gasteiger partial charge in [0.15, 0.2) is 0 Å². The third-order valence-electron chi connectivity index (χ3n) is 2.59. The molecule has 2 aromatic heterocycles. The molecule has 2 rings (SSSR count). The van der Waals surface area contributed by atoms with Gasteiger partial charge in [0.05, 0.1) is 12.2 Å². The lowest BCUT2D eigenvalue weighted by Gasteiger charge is -2.06. The molecule has 0 saturated heterocycles. The Kier molecular flexibility index (Phi) is 3.27. The fourth-order valence-electron chi connectivity index (χ4n) is 1.78. The van der Waals surface area contributed by atoms with Crippen molar-refractivity contribution in [1.82, 2.24) is 20.5 Å². The number of carbonyl (C=O) groups is 1. The van der Waals surface area contributed by atoms with E-state index in [4.69, 9.17) is 0 Å². The number of aryl methyl sites for hydroxylation is 2. The van der Waals surface area contributed by atoms with Crippen LogP contribution in [0.4, 0.5) is 0 Å². The number of aromatic amines is 2. The number of amides is 1. The molecule has 18 heavy (non-hydrogen) atoms. The summed E-state index contributed by atoms with van der Waals surface area (Å²) in [6.07, 6.45) is 1.60. The molecule has 0 unspecified atom stereocenters. The van der Waals surface area contributed by atoms with Crippen molar-refractivity contribution in [2.75, 3.05) is 0 Å². The van der Waals surface area contributed by atoms with Gasteiger partial charge in [0.2, 0.25) is 0 Å². The van der Waals surface area contributed by atoms with E-state index in [9.17, 15) is 9.59 Å². The lowest BCUT2D eigenvalue weighted by Crippen LogP contribution is -2.30. The number of aromatic nitrogens is 3. The Morgan fingerprint density at radius 2 is 2.22 bits per heavy atom. The van der Waals surface area contributed by atoms with Crippen molar-refractivity contribution in [3.8, 4) is 0 Å². The molecule has 6 nitrogen and oxygen atoms in total. The molecule has 2 aromatic rings. The van der Waals surface area contributed by atoms with Crippen molar-refractivity contribution >= 4 is 5.91 Å². The maximum Gasteiger partial charge on any atom is 0.261 e. The van der Waals surface area contributed by atoms with Crippen molar-refractivity contribution in [1.29, 1.82) is 0 Å². The number of pyridine rings is 1. The number of nitrogens with zero attached hydrogens (tertiary/aromatic N) is 1. The van der Waals surface area contributed by atoms with E-state index in [0.29, 0.717) is 12.1 Å². The summed E-state index contributed by atoms with van der Waals surface area (Å²) in [5, 5.41) is 9.18. The molecule has 0 saturated carbocycles. The van der Waals surface area contributed by atoms with Crippen LogP contribution >= 0.6 is 0 Å². The average molecular weight is 246 g/mol. The molecule has 2 heterocycles. The summed E-state index contributed by atoms with van der Waals surface area (Å²) in [6.45, 7) is 3.83. The predicted molar refractivity (Wildman–Crippen MR) is 66.3 cm³/mol. The minimum absolute atomic E-state index is 0.153. The number of hydrogen-bond donors (Lipinski definition) is 3. The molecule has 1 amide bonds.